The third-order valence-corrected chi connectivity index (χ3v) is 2.06. The SMILES string of the molecule is CN(C)C1c2cccc1c2. The lowest BCUT2D eigenvalue weighted by atomic mass is 9.87. The Hall–Kier alpha value is -0.820. The third-order valence-electron chi connectivity index (χ3n) is 2.06. The summed E-state index contributed by atoms with van der Waals surface area (Å²) < 4.78 is 0. The van der Waals surface area contributed by atoms with Crippen molar-refractivity contribution in [2.24, 2.45) is 0 Å². The van der Waals surface area contributed by atoms with E-state index in [0.717, 1.165) is 0 Å². The van der Waals surface area contributed by atoms with Gasteiger partial charge in [-0.1, -0.05) is 24.3 Å². The van der Waals surface area contributed by atoms with Crippen molar-refractivity contribution in [1.29, 1.82) is 0 Å². The molecule has 0 spiro atoms. The predicted octanol–water partition coefficient (Wildman–Crippen LogP) is 1.65. The Morgan fingerprint density at radius 2 is 1.80 bits per heavy atom. The molecule has 3 rings (SSSR count). The van der Waals surface area contributed by atoms with Crippen LogP contribution in [-0.4, -0.2) is 19.0 Å². The summed E-state index contributed by atoms with van der Waals surface area (Å²) in [5, 5.41) is 0. The molecule has 1 aromatic carbocycles. The van der Waals surface area contributed by atoms with Gasteiger partial charge in [0.15, 0.2) is 0 Å². The maximum absolute atomic E-state index is 2.24. The first-order valence-electron chi connectivity index (χ1n) is 3.55. The van der Waals surface area contributed by atoms with Gasteiger partial charge in [0.05, 0.1) is 6.04 Å². The molecule has 2 aliphatic carbocycles. The van der Waals surface area contributed by atoms with Crippen LogP contribution in [-0.2, 0) is 0 Å². The molecule has 0 saturated carbocycles. The average molecular weight is 133 g/mol. The fourth-order valence-corrected chi connectivity index (χ4v) is 1.59. The van der Waals surface area contributed by atoms with E-state index in [1.54, 1.807) is 0 Å². The highest BCUT2D eigenvalue weighted by molar-refractivity contribution is 5.43. The monoisotopic (exact) mass is 133 g/mol. The molecular weight excluding hydrogens is 122 g/mol. The Balaban J connectivity index is 2.35. The average Bonchev–Trinajstić information content (AvgIpc) is 1.87. The molecule has 2 aliphatic rings. The fourth-order valence-electron chi connectivity index (χ4n) is 1.59. The van der Waals surface area contributed by atoms with E-state index in [4.69, 9.17) is 0 Å². The molecule has 1 heteroatoms. The highest BCUT2D eigenvalue weighted by Crippen LogP contribution is 2.35. The topological polar surface area (TPSA) is 3.24 Å². The van der Waals surface area contributed by atoms with Crippen LogP contribution in [0.25, 0.3) is 0 Å². The van der Waals surface area contributed by atoms with Crippen LogP contribution in [0.5, 0.6) is 0 Å². The molecule has 0 fully saturated rings. The van der Waals surface area contributed by atoms with Crippen LogP contribution in [0.3, 0.4) is 0 Å². The van der Waals surface area contributed by atoms with Crippen LogP contribution in [0.1, 0.15) is 17.2 Å². The first-order valence-corrected chi connectivity index (χ1v) is 3.55. The molecule has 0 heterocycles. The summed E-state index contributed by atoms with van der Waals surface area (Å²) in [5.74, 6) is 0. The zero-order valence-electron chi connectivity index (χ0n) is 6.33. The van der Waals surface area contributed by atoms with Gasteiger partial charge in [-0.15, -0.1) is 0 Å². The predicted molar refractivity (Wildman–Crippen MR) is 42.0 cm³/mol. The van der Waals surface area contributed by atoms with E-state index in [1.807, 2.05) is 0 Å². The highest BCUT2D eigenvalue weighted by Gasteiger charge is 2.24. The Morgan fingerprint density at radius 3 is 2.10 bits per heavy atom. The van der Waals surface area contributed by atoms with Crippen molar-refractivity contribution in [3.8, 4) is 0 Å². The van der Waals surface area contributed by atoms with Crippen molar-refractivity contribution in [3.05, 3.63) is 35.4 Å². The Bertz CT molecular complexity index is 226. The summed E-state index contributed by atoms with van der Waals surface area (Å²) >= 11 is 0. The van der Waals surface area contributed by atoms with Gasteiger partial charge in [0, 0.05) is 0 Å². The molecule has 0 aromatic heterocycles. The van der Waals surface area contributed by atoms with Crippen molar-refractivity contribution < 1.29 is 0 Å². The largest absolute Gasteiger partial charge is 0.299 e. The minimum atomic E-state index is 0.588. The van der Waals surface area contributed by atoms with E-state index in [1.165, 1.54) is 11.1 Å². The maximum Gasteiger partial charge on any atom is 0.0597 e. The quantitative estimate of drug-likeness (QED) is 0.563. The summed E-state index contributed by atoms with van der Waals surface area (Å²) in [5.41, 5.74) is 2.89. The first-order chi connectivity index (χ1) is 4.79. The molecule has 52 valence electrons. The van der Waals surface area contributed by atoms with Crippen LogP contribution < -0.4 is 0 Å². The van der Waals surface area contributed by atoms with Gasteiger partial charge < -0.3 is 0 Å². The second-order valence-corrected chi connectivity index (χ2v) is 3.04. The van der Waals surface area contributed by atoms with Gasteiger partial charge in [-0.25, -0.2) is 0 Å². The molecule has 0 saturated heterocycles. The number of benzene rings is 1. The van der Waals surface area contributed by atoms with Crippen LogP contribution in [0, 0.1) is 0 Å². The van der Waals surface area contributed by atoms with Crippen molar-refractivity contribution >= 4 is 0 Å². The smallest absolute Gasteiger partial charge is 0.0597 e. The number of rotatable bonds is 1. The van der Waals surface area contributed by atoms with E-state index in [-0.39, 0.29) is 0 Å². The van der Waals surface area contributed by atoms with Crippen LogP contribution in [0.2, 0.25) is 0 Å². The van der Waals surface area contributed by atoms with E-state index >= 15 is 0 Å². The summed E-state index contributed by atoms with van der Waals surface area (Å²) in [4.78, 5) is 2.24. The first kappa shape index (κ1) is 5.93. The summed E-state index contributed by atoms with van der Waals surface area (Å²) in [6.07, 6.45) is 0. The molecule has 0 unspecified atom stereocenters. The molecular formula is C9H11N. The minimum absolute atomic E-state index is 0.588. The standard InChI is InChI=1S/C9H11N/c1-10(2)9-7-4-3-5-8(9)6-7/h3-6,9H,1-2H3. The molecule has 0 atom stereocenters. The molecule has 2 bridgehead atoms. The Labute approximate surface area is 61.3 Å². The highest BCUT2D eigenvalue weighted by atomic mass is 15.1. The van der Waals surface area contributed by atoms with Crippen molar-refractivity contribution in [1.82, 2.24) is 4.90 Å². The van der Waals surface area contributed by atoms with E-state index < -0.39 is 0 Å². The van der Waals surface area contributed by atoms with Crippen LogP contribution >= 0.6 is 0 Å². The lowest BCUT2D eigenvalue weighted by Gasteiger charge is -2.32. The Morgan fingerprint density at radius 1 is 1.20 bits per heavy atom. The lowest BCUT2D eigenvalue weighted by molar-refractivity contribution is 0.327. The van der Waals surface area contributed by atoms with Crippen molar-refractivity contribution in [3.63, 3.8) is 0 Å². The molecule has 1 aromatic rings. The zero-order valence-corrected chi connectivity index (χ0v) is 6.33. The van der Waals surface area contributed by atoms with Gasteiger partial charge >= 0.3 is 0 Å². The molecule has 0 radical (unpaired) electrons. The Kier molecular flexibility index (Phi) is 1.08. The maximum atomic E-state index is 2.24. The molecule has 10 heavy (non-hydrogen) atoms. The lowest BCUT2D eigenvalue weighted by Crippen LogP contribution is -2.26. The number of hydrogen-bond acceptors (Lipinski definition) is 1. The summed E-state index contributed by atoms with van der Waals surface area (Å²) in [6, 6.07) is 9.30. The molecule has 0 amide bonds. The van der Waals surface area contributed by atoms with Crippen LogP contribution in [0.4, 0.5) is 0 Å². The minimum Gasteiger partial charge on any atom is -0.299 e. The van der Waals surface area contributed by atoms with Gasteiger partial charge in [-0.2, -0.15) is 0 Å². The van der Waals surface area contributed by atoms with Gasteiger partial charge in [-0.3, -0.25) is 4.90 Å². The van der Waals surface area contributed by atoms with Crippen molar-refractivity contribution in [2.75, 3.05) is 14.1 Å². The summed E-state index contributed by atoms with van der Waals surface area (Å²) in [6.45, 7) is 0. The zero-order chi connectivity index (χ0) is 7.14. The second kappa shape index (κ2) is 1.83. The normalized spacial score (nSPS) is 15.5. The molecule has 0 aliphatic heterocycles. The van der Waals surface area contributed by atoms with Gasteiger partial charge in [-0.05, 0) is 25.2 Å². The van der Waals surface area contributed by atoms with Crippen LogP contribution in [0.15, 0.2) is 24.3 Å². The van der Waals surface area contributed by atoms with Gasteiger partial charge in [0.25, 0.3) is 0 Å². The van der Waals surface area contributed by atoms with E-state index in [9.17, 15) is 0 Å². The number of hydrogen-bond donors (Lipinski definition) is 0. The van der Waals surface area contributed by atoms with Gasteiger partial charge in [0.1, 0.15) is 0 Å². The fraction of sp³-hybridized carbons (Fsp3) is 0.333. The van der Waals surface area contributed by atoms with E-state index in [0.29, 0.717) is 6.04 Å². The van der Waals surface area contributed by atoms with E-state index in [2.05, 4.69) is 43.3 Å². The summed E-state index contributed by atoms with van der Waals surface area (Å²) in [7, 11) is 4.23. The van der Waals surface area contributed by atoms with Crippen molar-refractivity contribution in [2.45, 2.75) is 6.04 Å². The molecule has 1 nitrogen and oxygen atoms in total. The number of nitrogens with zero attached hydrogens (tertiary/aromatic N) is 1. The molecule has 0 N–H and O–H groups in total. The van der Waals surface area contributed by atoms with Gasteiger partial charge in [0.2, 0.25) is 0 Å². The second-order valence-electron chi connectivity index (χ2n) is 3.04. The number of fused-ring (bicyclic) bond motifs is 2. The third kappa shape index (κ3) is 0.611.